The Morgan fingerprint density at radius 1 is 1.27 bits per heavy atom. The molecule has 1 aromatic carbocycles. The van der Waals surface area contributed by atoms with Crippen molar-refractivity contribution >= 4 is 0 Å². The summed E-state index contributed by atoms with van der Waals surface area (Å²) >= 11 is 0. The van der Waals surface area contributed by atoms with Crippen molar-refractivity contribution in [1.82, 2.24) is 4.90 Å². The lowest BCUT2D eigenvalue weighted by atomic mass is 9.68. The first-order valence-corrected chi connectivity index (χ1v) is 11.5. The molecule has 4 rings (SSSR count). The summed E-state index contributed by atoms with van der Waals surface area (Å²) in [6, 6.07) is 6.24. The molecule has 1 aliphatic carbocycles. The Morgan fingerprint density at radius 3 is 2.73 bits per heavy atom. The maximum absolute atomic E-state index is 6.40. The summed E-state index contributed by atoms with van der Waals surface area (Å²) in [6.45, 7) is 12.9. The van der Waals surface area contributed by atoms with E-state index in [1.165, 1.54) is 37.1 Å². The van der Waals surface area contributed by atoms with Crippen LogP contribution in [0.1, 0.15) is 57.4 Å². The standard InChI is InChI=1S/C26H37NO3/c1-5-23-25(22-13-12-21(28-4)18-24(22)30-26(23,2)3)19-8-10-20(11-9-19)29-17-16-27-14-6-7-15-27/h5,8,12-13,18,20,23,25H,1,6-7,9-11,14-17H2,2-4H3/t20?,23?,25-/m1/s1. The van der Waals surface area contributed by atoms with Gasteiger partial charge in [0.25, 0.3) is 0 Å². The molecule has 1 saturated heterocycles. The van der Waals surface area contributed by atoms with E-state index >= 15 is 0 Å². The molecule has 0 aromatic heterocycles. The quantitative estimate of drug-likeness (QED) is 0.567. The van der Waals surface area contributed by atoms with Crippen molar-refractivity contribution in [3.8, 4) is 11.5 Å². The fourth-order valence-electron chi connectivity index (χ4n) is 5.40. The average molecular weight is 412 g/mol. The average Bonchev–Trinajstić information content (AvgIpc) is 3.26. The maximum Gasteiger partial charge on any atom is 0.127 e. The molecule has 1 aromatic rings. The molecular formula is C26H37NO3. The van der Waals surface area contributed by atoms with Crippen LogP contribution in [-0.4, -0.2) is 50.0 Å². The summed E-state index contributed by atoms with van der Waals surface area (Å²) in [5.74, 6) is 2.31. The third-order valence-electron chi connectivity index (χ3n) is 7.10. The zero-order chi connectivity index (χ0) is 21.1. The fourth-order valence-corrected chi connectivity index (χ4v) is 5.40. The van der Waals surface area contributed by atoms with E-state index in [1.54, 1.807) is 7.11 Å². The molecule has 0 radical (unpaired) electrons. The van der Waals surface area contributed by atoms with Gasteiger partial charge in [-0.3, -0.25) is 0 Å². The number of allylic oxidation sites excluding steroid dienone is 1. The molecule has 0 amide bonds. The Bertz CT molecular complexity index is 778. The van der Waals surface area contributed by atoms with E-state index in [9.17, 15) is 0 Å². The summed E-state index contributed by atoms with van der Waals surface area (Å²) in [5.41, 5.74) is 2.44. The summed E-state index contributed by atoms with van der Waals surface area (Å²) in [5, 5.41) is 0. The smallest absolute Gasteiger partial charge is 0.127 e. The second-order valence-corrected chi connectivity index (χ2v) is 9.44. The molecule has 0 spiro atoms. The molecule has 0 saturated carbocycles. The third-order valence-corrected chi connectivity index (χ3v) is 7.10. The van der Waals surface area contributed by atoms with Crippen LogP contribution < -0.4 is 9.47 Å². The van der Waals surface area contributed by atoms with Crippen LogP contribution in [0, 0.1) is 5.92 Å². The van der Waals surface area contributed by atoms with Crippen molar-refractivity contribution in [2.24, 2.45) is 5.92 Å². The number of fused-ring (bicyclic) bond motifs is 1. The summed E-state index contributed by atoms with van der Waals surface area (Å²) < 4.78 is 18.1. The molecule has 0 N–H and O–H groups in total. The van der Waals surface area contributed by atoms with Crippen LogP contribution in [0.5, 0.6) is 11.5 Å². The highest BCUT2D eigenvalue weighted by Gasteiger charge is 2.44. The number of rotatable bonds is 7. The first-order valence-electron chi connectivity index (χ1n) is 11.5. The first kappa shape index (κ1) is 21.5. The number of ether oxygens (including phenoxy) is 3. The number of nitrogens with zero attached hydrogens (tertiary/aromatic N) is 1. The lowest BCUT2D eigenvalue weighted by Crippen LogP contribution is -2.44. The van der Waals surface area contributed by atoms with Crippen molar-refractivity contribution in [2.75, 3.05) is 33.4 Å². The zero-order valence-electron chi connectivity index (χ0n) is 18.9. The predicted molar refractivity (Wildman–Crippen MR) is 121 cm³/mol. The van der Waals surface area contributed by atoms with E-state index in [2.05, 4.69) is 43.5 Å². The van der Waals surface area contributed by atoms with Gasteiger partial charge in [0, 0.05) is 30.0 Å². The molecule has 1 fully saturated rings. The Kier molecular flexibility index (Phi) is 6.54. The third kappa shape index (κ3) is 4.45. The van der Waals surface area contributed by atoms with Gasteiger partial charge in [0.15, 0.2) is 0 Å². The molecule has 3 atom stereocenters. The highest BCUT2D eigenvalue weighted by atomic mass is 16.5. The normalized spacial score (nSPS) is 28.4. The molecular weight excluding hydrogens is 374 g/mol. The molecule has 4 nitrogen and oxygen atoms in total. The van der Waals surface area contributed by atoms with Crippen molar-refractivity contribution in [3.05, 3.63) is 48.1 Å². The number of methoxy groups -OCH3 is 1. The SMILES string of the molecule is C=CC1[C@H](C2=CCC(OCCN3CCCC3)CC2)c2ccc(OC)cc2OC1(C)C. The first-order chi connectivity index (χ1) is 14.5. The Morgan fingerprint density at radius 2 is 2.07 bits per heavy atom. The van der Waals surface area contributed by atoms with Gasteiger partial charge in [0.1, 0.15) is 17.1 Å². The minimum atomic E-state index is -0.310. The van der Waals surface area contributed by atoms with Gasteiger partial charge in [0.2, 0.25) is 0 Å². The van der Waals surface area contributed by atoms with Crippen LogP contribution in [0.25, 0.3) is 0 Å². The Balaban J connectivity index is 1.47. The van der Waals surface area contributed by atoms with Gasteiger partial charge in [-0.25, -0.2) is 0 Å². The van der Waals surface area contributed by atoms with Gasteiger partial charge in [-0.2, -0.15) is 0 Å². The van der Waals surface area contributed by atoms with Crippen LogP contribution in [0.15, 0.2) is 42.5 Å². The molecule has 30 heavy (non-hydrogen) atoms. The van der Waals surface area contributed by atoms with E-state index in [-0.39, 0.29) is 11.5 Å². The lowest BCUT2D eigenvalue weighted by molar-refractivity contribution is 0.0275. The van der Waals surface area contributed by atoms with E-state index < -0.39 is 0 Å². The summed E-state index contributed by atoms with van der Waals surface area (Å²) in [6.07, 6.45) is 10.7. The van der Waals surface area contributed by atoms with Gasteiger partial charge in [0.05, 0.1) is 19.8 Å². The number of hydrogen-bond acceptors (Lipinski definition) is 4. The van der Waals surface area contributed by atoms with Crippen molar-refractivity contribution in [1.29, 1.82) is 0 Å². The van der Waals surface area contributed by atoms with E-state index in [1.807, 2.05) is 12.1 Å². The fraction of sp³-hybridized carbons (Fsp3) is 0.615. The monoisotopic (exact) mass is 411 g/mol. The maximum atomic E-state index is 6.40. The Labute approximate surface area is 181 Å². The summed E-state index contributed by atoms with van der Waals surface area (Å²) in [7, 11) is 1.70. The van der Waals surface area contributed by atoms with Crippen LogP contribution >= 0.6 is 0 Å². The van der Waals surface area contributed by atoms with Gasteiger partial charge in [-0.05, 0) is 65.1 Å². The predicted octanol–water partition coefficient (Wildman–Crippen LogP) is 5.34. The molecule has 4 heteroatoms. The van der Waals surface area contributed by atoms with Crippen molar-refractivity contribution < 1.29 is 14.2 Å². The highest BCUT2D eigenvalue weighted by Crippen LogP contribution is 2.51. The zero-order valence-corrected chi connectivity index (χ0v) is 18.9. The van der Waals surface area contributed by atoms with Crippen molar-refractivity contribution in [2.45, 2.75) is 63.6 Å². The van der Waals surface area contributed by atoms with E-state index in [4.69, 9.17) is 14.2 Å². The van der Waals surface area contributed by atoms with Gasteiger partial charge in [-0.15, -0.1) is 6.58 Å². The van der Waals surface area contributed by atoms with E-state index in [0.29, 0.717) is 12.0 Å². The molecule has 0 bridgehead atoms. The topological polar surface area (TPSA) is 30.9 Å². The summed E-state index contributed by atoms with van der Waals surface area (Å²) in [4.78, 5) is 2.52. The van der Waals surface area contributed by atoms with Crippen LogP contribution in [0.4, 0.5) is 0 Å². The minimum Gasteiger partial charge on any atom is -0.497 e. The molecule has 2 unspecified atom stereocenters. The Hall–Kier alpha value is -1.78. The number of likely N-dealkylation sites (tertiary alicyclic amines) is 1. The van der Waals surface area contributed by atoms with Crippen molar-refractivity contribution in [3.63, 3.8) is 0 Å². The second-order valence-electron chi connectivity index (χ2n) is 9.44. The van der Waals surface area contributed by atoms with E-state index in [0.717, 1.165) is 43.9 Å². The van der Waals surface area contributed by atoms with Gasteiger partial charge < -0.3 is 19.1 Å². The van der Waals surface area contributed by atoms with Crippen LogP contribution in [0.2, 0.25) is 0 Å². The lowest BCUT2D eigenvalue weighted by Gasteiger charge is -2.45. The number of benzene rings is 1. The van der Waals surface area contributed by atoms with Gasteiger partial charge in [-0.1, -0.05) is 23.8 Å². The number of hydrogen-bond donors (Lipinski definition) is 0. The minimum absolute atomic E-state index is 0.234. The highest BCUT2D eigenvalue weighted by molar-refractivity contribution is 5.49. The van der Waals surface area contributed by atoms with Crippen LogP contribution in [0.3, 0.4) is 0 Å². The molecule has 3 aliphatic rings. The largest absolute Gasteiger partial charge is 0.497 e. The molecule has 164 valence electrons. The van der Waals surface area contributed by atoms with Crippen LogP contribution in [-0.2, 0) is 4.74 Å². The molecule has 2 aliphatic heterocycles. The molecule has 2 heterocycles. The second kappa shape index (κ2) is 9.15. The van der Waals surface area contributed by atoms with Gasteiger partial charge >= 0.3 is 0 Å².